The Balaban J connectivity index is 1.53. The van der Waals surface area contributed by atoms with Crippen molar-refractivity contribution in [1.82, 2.24) is 23.8 Å². The fourth-order valence-electron chi connectivity index (χ4n) is 3.31. The number of sulfonamides is 1. The molecular formula is C21H21N5O4S. The Morgan fingerprint density at radius 3 is 2.35 bits per heavy atom. The lowest BCUT2D eigenvalue weighted by atomic mass is 10.1. The van der Waals surface area contributed by atoms with E-state index in [9.17, 15) is 18.0 Å². The molecule has 0 aliphatic heterocycles. The largest absolute Gasteiger partial charge is 0.330 e. The van der Waals surface area contributed by atoms with Gasteiger partial charge in [-0.25, -0.2) is 22.9 Å². The van der Waals surface area contributed by atoms with Crippen LogP contribution < -0.4 is 16.0 Å². The van der Waals surface area contributed by atoms with Crippen LogP contribution in [0.2, 0.25) is 0 Å². The highest BCUT2D eigenvalue weighted by molar-refractivity contribution is 7.89. The van der Waals surface area contributed by atoms with Crippen LogP contribution in [0.4, 0.5) is 0 Å². The molecule has 4 rings (SSSR count). The molecule has 2 aromatic carbocycles. The molecule has 10 heteroatoms. The van der Waals surface area contributed by atoms with Crippen LogP contribution in [0.3, 0.4) is 0 Å². The number of aromatic nitrogens is 4. The highest BCUT2D eigenvalue weighted by atomic mass is 32.2. The van der Waals surface area contributed by atoms with Crippen LogP contribution in [0, 0.1) is 0 Å². The summed E-state index contributed by atoms with van der Waals surface area (Å²) in [6.45, 7) is 2.82. The zero-order chi connectivity index (χ0) is 22.0. The lowest BCUT2D eigenvalue weighted by Gasteiger charge is -2.09. The first kappa shape index (κ1) is 20.8. The van der Waals surface area contributed by atoms with E-state index in [4.69, 9.17) is 0 Å². The van der Waals surface area contributed by atoms with Gasteiger partial charge in [-0.1, -0.05) is 42.5 Å². The fourth-order valence-corrected chi connectivity index (χ4v) is 4.35. The Hall–Kier alpha value is -3.50. The van der Waals surface area contributed by atoms with E-state index in [0.29, 0.717) is 17.7 Å². The number of fused-ring (bicyclic) bond motifs is 1. The summed E-state index contributed by atoms with van der Waals surface area (Å²) in [4.78, 5) is 31.3. The first-order chi connectivity index (χ1) is 14.9. The molecule has 0 saturated heterocycles. The Kier molecular flexibility index (Phi) is 5.57. The molecule has 2 N–H and O–H groups in total. The van der Waals surface area contributed by atoms with Gasteiger partial charge in [0.15, 0.2) is 11.2 Å². The Morgan fingerprint density at radius 1 is 1.00 bits per heavy atom. The van der Waals surface area contributed by atoms with Crippen LogP contribution in [-0.2, 0) is 29.7 Å². The molecule has 0 saturated carbocycles. The normalized spacial score (nSPS) is 11.8. The Bertz CT molecular complexity index is 1440. The first-order valence-corrected chi connectivity index (χ1v) is 11.2. The number of hydrogen-bond donors (Lipinski definition) is 2. The Morgan fingerprint density at radius 2 is 1.68 bits per heavy atom. The number of hydrogen-bond acceptors (Lipinski definition) is 5. The monoisotopic (exact) mass is 439 g/mol. The average molecular weight is 439 g/mol. The summed E-state index contributed by atoms with van der Waals surface area (Å²) in [6, 6.07) is 15.4. The Labute approximate surface area is 178 Å². The fraction of sp³-hybridized carbons (Fsp3) is 0.190. The van der Waals surface area contributed by atoms with Crippen molar-refractivity contribution in [2.45, 2.75) is 31.5 Å². The van der Waals surface area contributed by atoms with Crippen LogP contribution in [0.5, 0.6) is 0 Å². The minimum atomic E-state index is -3.59. The van der Waals surface area contributed by atoms with E-state index in [2.05, 4.69) is 14.7 Å². The summed E-state index contributed by atoms with van der Waals surface area (Å²) in [7, 11) is -3.59. The standard InChI is InChI=1S/C21H21N5O4S/c1-2-25-14-22-19-18(25)20(27)24-21(28)26(19)13-16-10-8-15(9-11-16)12-23-31(29,30)17-6-4-3-5-7-17/h3-11,14,23H,2,12-13H2,1H3,(H,24,27,28). The molecule has 0 aliphatic rings. The summed E-state index contributed by atoms with van der Waals surface area (Å²) in [5.41, 5.74) is 1.29. The molecule has 0 radical (unpaired) electrons. The van der Waals surface area contributed by atoms with Gasteiger partial charge in [-0.15, -0.1) is 0 Å². The minimum absolute atomic E-state index is 0.140. The lowest BCUT2D eigenvalue weighted by molar-refractivity contribution is 0.581. The third-order valence-electron chi connectivity index (χ3n) is 4.98. The minimum Gasteiger partial charge on any atom is -0.325 e. The smallest absolute Gasteiger partial charge is 0.325 e. The van der Waals surface area contributed by atoms with E-state index in [1.807, 2.05) is 19.1 Å². The van der Waals surface area contributed by atoms with Crippen molar-refractivity contribution >= 4 is 21.2 Å². The van der Waals surface area contributed by atoms with Gasteiger partial charge in [-0.2, -0.15) is 0 Å². The van der Waals surface area contributed by atoms with Gasteiger partial charge in [0.05, 0.1) is 17.8 Å². The topological polar surface area (TPSA) is 119 Å². The van der Waals surface area contributed by atoms with E-state index in [-0.39, 0.29) is 18.0 Å². The number of H-pyrrole nitrogens is 1. The second kappa shape index (κ2) is 8.32. The zero-order valence-electron chi connectivity index (χ0n) is 16.8. The molecule has 2 aromatic heterocycles. The van der Waals surface area contributed by atoms with Crippen LogP contribution >= 0.6 is 0 Å². The van der Waals surface area contributed by atoms with Gasteiger partial charge in [0, 0.05) is 13.1 Å². The maximum atomic E-state index is 12.4. The number of aryl methyl sites for hydroxylation is 1. The zero-order valence-corrected chi connectivity index (χ0v) is 17.6. The molecule has 2 heterocycles. The van der Waals surface area contributed by atoms with Gasteiger partial charge in [0.25, 0.3) is 5.56 Å². The van der Waals surface area contributed by atoms with Gasteiger partial charge in [0.2, 0.25) is 10.0 Å². The molecule has 0 fully saturated rings. The predicted molar refractivity (Wildman–Crippen MR) is 116 cm³/mol. The molecule has 0 unspecified atom stereocenters. The third-order valence-corrected chi connectivity index (χ3v) is 6.40. The molecular weight excluding hydrogens is 418 g/mol. The molecule has 0 bridgehead atoms. The quantitative estimate of drug-likeness (QED) is 0.452. The van der Waals surface area contributed by atoms with E-state index >= 15 is 0 Å². The number of aromatic amines is 1. The van der Waals surface area contributed by atoms with E-state index < -0.39 is 21.3 Å². The molecule has 160 valence electrons. The van der Waals surface area contributed by atoms with Crippen molar-refractivity contribution in [3.05, 3.63) is 92.9 Å². The van der Waals surface area contributed by atoms with Gasteiger partial charge in [-0.3, -0.25) is 14.3 Å². The van der Waals surface area contributed by atoms with Crippen molar-refractivity contribution in [2.24, 2.45) is 0 Å². The van der Waals surface area contributed by atoms with Crippen molar-refractivity contribution < 1.29 is 8.42 Å². The molecule has 0 atom stereocenters. The number of imidazole rings is 1. The maximum absolute atomic E-state index is 12.4. The molecule has 0 amide bonds. The van der Waals surface area contributed by atoms with Crippen LogP contribution in [-0.4, -0.2) is 27.5 Å². The highest BCUT2D eigenvalue weighted by Crippen LogP contribution is 2.12. The lowest BCUT2D eigenvalue weighted by Crippen LogP contribution is -2.31. The molecule has 4 aromatic rings. The number of benzene rings is 2. The van der Waals surface area contributed by atoms with Crippen molar-refractivity contribution in [3.63, 3.8) is 0 Å². The van der Waals surface area contributed by atoms with Gasteiger partial charge >= 0.3 is 5.69 Å². The maximum Gasteiger partial charge on any atom is 0.330 e. The summed E-state index contributed by atoms with van der Waals surface area (Å²) < 4.78 is 30.4. The third kappa shape index (κ3) is 4.21. The second-order valence-electron chi connectivity index (χ2n) is 7.00. The average Bonchev–Trinajstić information content (AvgIpc) is 3.21. The van der Waals surface area contributed by atoms with Crippen LogP contribution in [0.15, 0.2) is 75.4 Å². The SMILES string of the molecule is CCn1cnc2c1c(=O)[nH]c(=O)n2Cc1ccc(CNS(=O)(=O)c2ccccc2)cc1. The summed E-state index contributed by atoms with van der Waals surface area (Å²) >= 11 is 0. The molecule has 0 aliphatic carbocycles. The van der Waals surface area contributed by atoms with Gasteiger partial charge in [-0.05, 0) is 30.2 Å². The molecule has 31 heavy (non-hydrogen) atoms. The van der Waals surface area contributed by atoms with Crippen molar-refractivity contribution in [3.8, 4) is 0 Å². The van der Waals surface area contributed by atoms with E-state index in [0.717, 1.165) is 11.1 Å². The van der Waals surface area contributed by atoms with Crippen molar-refractivity contribution in [2.75, 3.05) is 0 Å². The van der Waals surface area contributed by atoms with Gasteiger partial charge < -0.3 is 4.57 Å². The number of rotatable bonds is 7. The molecule has 0 spiro atoms. The summed E-state index contributed by atoms with van der Waals surface area (Å²) in [5, 5.41) is 0. The summed E-state index contributed by atoms with van der Waals surface area (Å²) in [6.07, 6.45) is 1.54. The van der Waals surface area contributed by atoms with Crippen molar-refractivity contribution in [1.29, 1.82) is 0 Å². The highest BCUT2D eigenvalue weighted by Gasteiger charge is 2.14. The first-order valence-electron chi connectivity index (χ1n) is 9.69. The van der Waals surface area contributed by atoms with Crippen LogP contribution in [0.1, 0.15) is 18.1 Å². The number of nitrogens with one attached hydrogen (secondary N) is 2. The van der Waals surface area contributed by atoms with E-state index in [1.54, 1.807) is 34.9 Å². The summed E-state index contributed by atoms with van der Waals surface area (Å²) in [5.74, 6) is 0. The number of nitrogens with zero attached hydrogens (tertiary/aromatic N) is 3. The predicted octanol–water partition coefficient (Wildman–Crippen LogP) is 1.43. The van der Waals surface area contributed by atoms with Crippen LogP contribution in [0.25, 0.3) is 11.2 Å². The van der Waals surface area contributed by atoms with E-state index in [1.165, 1.54) is 23.0 Å². The molecule has 9 nitrogen and oxygen atoms in total. The second-order valence-corrected chi connectivity index (χ2v) is 8.77. The van der Waals surface area contributed by atoms with Gasteiger partial charge in [0.1, 0.15) is 0 Å².